The maximum absolute atomic E-state index is 13.7. The number of benzene rings is 2. The van der Waals surface area contributed by atoms with Crippen LogP contribution in [0.4, 0.5) is 10.1 Å². The van der Waals surface area contributed by atoms with Crippen LogP contribution in [0.1, 0.15) is 26.8 Å². The number of hydrogen-bond donors (Lipinski definition) is 0. The first-order chi connectivity index (χ1) is 15.6. The van der Waals surface area contributed by atoms with Crippen molar-refractivity contribution in [2.24, 2.45) is 11.8 Å². The fraction of sp³-hybridized carbons (Fsp3) is 0.160. The first-order valence-electron chi connectivity index (χ1n) is 10.3. The summed E-state index contributed by atoms with van der Waals surface area (Å²) >= 11 is 1.33. The van der Waals surface area contributed by atoms with Gasteiger partial charge in [0.25, 0.3) is 0 Å². The molecule has 1 unspecified atom stereocenters. The van der Waals surface area contributed by atoms with Crippen molar-refractivity contribution in [3.63, 3.8) is 0 Å². The average molecular weight is 444 g/mol. The number of carbonyl (C=O) groups is 3. The Morgan fingerprint density at radius 1 is 0.906 bits per heavy atom. The number of anilines is 1. The standard InChI is InChI=1S/C25H17FN2O3S/c26-15-7-9-16(10-8-15)28-24(30)19-20(25(28)31)22(23(29)18-6-3-13-32-18)27-12-11-14-4-1-2-5-17(14)21(19)27/h1-13,19-22H/t19-,20+,21?,22-/m0/s1. The van der Waals surface area contributed by atoms with Gasteiger partial charge < -0.3 is 4.90 Å². The molecule has 4 heterocycles. The summed E-state index contributed by atoms with van der Waals surface area (Å²) in [5, 5.41) is 1.82. The second-order valence-corrected chi connectivity index (χ2v) is 9.11. The molecule has 2 amide bonds. The molecule has 7 heteroatoms. The highest BCUT2D eigenvalue weighted by Crippen LogP contribution is 2.53. The van der Waals surface area contributed by atoms with Gasteiger partial charge in [0.2, 0.25) is 11.8 Å². The molecule has 0 aliphatic carbocycles. The van der Waals surface area contributed by atoms with Crippen LogP contribution in [0.5, 0.6) is 0 Å². The fourth-order valence-electron chi connectivity index (χ4n) is 5.27. The van der Waals surface area contributed by atoms with E-state index in [1.165, 1.54) is 35.6 Å². The lowest BCUT2D eigenvalue weighted by molar-refractivity contribution is -0.123. The molecule has 0 bridgehead atoms. The molecule has 32 heavy (non-hydrogen) atoms. The number of carbonyl (C=O) groups excluding carboxylic acids is 3. The van der Waals surface area contributed by atoms with E-state index in [2.05, 4.69) is 0 Å². The highest BCUT2D eigenvalue weighted by atomic mass is 32.1. The van der Waals surface area contributed by atoms with Crippen LogP contribution in [-0.4, -0.2) is 28.5 Å². The van der Waals surface area contributed by atoms with E-state index in [-0.39, 0.29) is 11.7 Å². The molecule has 4 atom stereocenters. The maximum atomic E-state index is 13.7. The van der Waals surface area contributed by atoms with E-state index in [4.69, 9.17) is 0 Å². The SMILES string of the molecule is O=C(c1cccs1)[C@@H]1[C@@H]2C(=O)N(c3ccc(F)cc3)C(=O)[C@@H]2C2c3ccccc3C=CN21. The van der Waals surface area contributed by atoms with Crippen molar-refractivity contribution in [2.45, 2.75) is 12.1 Å². The van der Waals surface area contributed by atoms with Crippen LogP contribution in [-0.2, 0) is 9.59 Å². The summed E-state index contributed by atoms with van der Waals surface area (Å²) in [6, 6.07) is 15.4. The number of ketones is 1. The van der Waals surface area contributed by atoms with Crippen LogP contribution in [0.3, 0.4) is 0 Å². The van der Waals surface area contributed by atoms with Gasteiger partial charge >= 0.3 is 0 Å². The van der Waals surface area contributed by atoms with E-state index in [0.717, 1.165) is 16.0 Å². The van der Waals surface area contributed by atoms with Crippen LogP contribution in [0.2, 0.25) is 0 Å². The van der Waals surface area contributed by atoms with Gasteiger partial charge in [0.1, 0.15) is 11.9 Å². The summed E-state index contributed by atoms with van der Waals surface area (Å²) in [5.41, 5.74) is 2.22. The molecule has 0 spiro atoms. The molecular weight excluding hydrogens is 427 g/mol. The number of halogens is 1. The highest BCUT2D eigenvalue weighted by molar-refractivity contribution is 7.12. The maximum Gasteiger partial charge on any atom is 0.240 e. The lowest BCUT2D eigenvalue weighted by Crippen LogP contribution is -2.44. The summed E-state index contributed by atoms with van der Waals surface area (Å²) in [7, 11) is 0. The van der Waals surface area contributed by atoms with Gasteiger partial charge in [-0.2, -0.15) is 0 Å². The second kappa shape index (κ2) is 6.97. The summed E-state index contributed by atoms with van der Waals surface area (Å²) in [6.07, 6.45) is 3.76. The lowest BCUT2D eigenvalue weighted by atomic mass is 9.84. The number of thiophene rings is 1. The number of hydrogen-bond acceptors (Lipinski definition) is 5. The molecular formula is C25H17FN2O3S. The van der Waals surface area contributed by atoms with Gasteiger partial charge in [-0.25, -0.2) is 9.29 Å². The van der Waals surface area contributed by atoms with E-state index >= 15 is 0 Å². The molecule has 0 N–H and O–H groups in total. The topological polar surface area (TPSA) is 57.7 Å². The zero-order chi connectivity index (χ0) is 22.0. The molecule has 0 saturated carbocycles. The monoisotopic (exact) mass is 444 g/mol. The first kappa shape index (κ1) is 19.1. The third kappa shape index (κ3) is 2.58. The largest absolute Gasteiger partial charge is 0.358 e. The van der Waals surface area contributed by atoms with Crippen LogP contribution in [0, 0.1) is 17.7 Å². The quantitative estimate of drug-likeness (QED) is 0.447. The summed E-state index contributed by atoms with van der Waals surface area (Å²) in [4.78, 5) is 44.4. The van der Waals surface area contributed by atoms with Gasteiger partial charge in [-0.3, -0.25) is 14.4 Å². The minimum absolute atomic E-state index is 0.163. The minimum atomic E-state index is -0.817. The van der Waals surface area contributed by atoms with Crippen molar-refractivity contribution in [1.29, 1.82) is 0 Å². The zero-order valence-corrected chi connectivity index (χ0v) is 17.5. The Morgan fingerprint density at radius 2 is 1.66 bits per heavy atom. The normalized spacial score (nSPS) is 25.7. The van der Waals surface area contributed by atoms with Crippen molar-refractivity contribution in [3.8, 4) is 0 Å². The van der Waals surface area contributed by atoms with Crippen molar-refractivity contribution >= 4 is 40.7 Å². The Morgan fingerprint density at radius 3 is 2.41 bits per heavy atom. The van der Waals surface area contributed by atoms with Gasteiger partial charge in [0, 0.05) is 6.20 Å². The van der Waals surface area contributed by atoms with Gasteiger partial charge in [0.15, 0.2) is 5.78 Å². The Kier molecular flexibility index (Phi) is 4.16. The zero-order valence-electron chi connectivity index (χ0n) is 16.7. The molecule has 3 aliphatic rings. The van der Waals surface area contributed by atoms with Crippen molar-refractivity contribution in [3.05, 3.63) is 94.1 Å². The molecule has 3 aromatic rings. The number of rotatable bonds is 3. The fourth-order valence-corrected chi connectivity index (χ4v) is 5.96. The number of Topliss-reactive ketones (excluding diaryl/α,β-unsaturated/α-hetero) is 1. The molecule has 6 rings (SSSR count). The number of nitrogens with zero attached hydrogens (tertiary/aromatic N) is 2. The van der Waals surface area contributed by atoms with Crippen molar-refractivity contribution in [2.75, 3.05) is 4.90 Å². The van der Waals surface area contributed by atoms with Gasteiger partial charge in [-0.1, -0.05) is 30.3 Å². The molecule has 158 valence electrons. The Labute approximate surface area is 187 Å². The van der Waals surface area contributed by atoms with Crippen LogP contribution >= 0.6 is 11.3 Å². The summed E-state index contributed by atoms with van der Waals surface area (Å²) < 4.78 is 13.5. The average Bonchev–Trinajstić information content (AvgIpc) is 3.51. The molecule has 3 aliphatic heterocycles. The van der Waals surface area contributed by atoms with Crippen molar-refractivity contribution < 1.29 is 18.8 Å². The Balaban J connectivity index is 1.50. The smallest absolute Gasteiger partial charge is 0.240 e. The second-order valence-electron chi connectivity index (χ2n) is 8.16. The van der Waals surface area contributed by atoms with E-state index < -0.39 is 35.6 Å². The predicted octanol–water partition coefficient (Wildman–Crippen LogP) is 4.29. The summed E-state index contributed by atoms with van der Waals surface area (Å²) in [6.45, 7) is 0. The van der Waals surface area contributed by atoms with E-state index in [1.54, 1.807) is 12.1 Å². The highest BCUT2D eigenvalue weighted by Gasteiger charge is 2.64. The van der Waals surface area contributed by atoms with Crippen LogP contribution < -0.4 is 4.90 Å². The molecule has 1 aromatic heterocycles. The Hall–Kier alpha value is -3.58. The number of amides is 2. The molecule has 2 saturated heterocycles. The predicted molar refractivity (Wildman–Crippen MR) is 118 cm³/mol. The van der Waals surface area contributed by atoms with Gasteiger partial charge in [-0.05, 0) is 52.9 Å². The third-order valence-corrected chi connectivity index (χ3v) is 7.46. The Bertz CT molecular complexity index is 1280. The first-order valence-corrected chi connectivity index (χ1v) is 11.2. The van der Waals surface area contributed by atoms with Gasteiger partial charge in [0.05, 0.1) is 28.4 Å². The minimum Gasteiger partial charge on any atom is -0.358 e. The van der Waals surface area contributed by atoms with E-state index in [9.17, 15) is 18.8 Å². The van der Waals surface area contributed by atoms with Gasteiger partial charge in [-0.15, -0.1) is 11.3 Å². The van der Waals surface area contributed by atoms with Crippen LogP contribution in [0.25, 0.3) is 6.08 Å². The number of imide groups is 1. The molecule has 5 nitrogen and oxygen atoms in total. The van der Waals surface area contributed by atoms with Crippen molar-refractivity contribution in [1.82, 2.24) is 4.90 Å². The van der Waals surface area contributed by atoms with Crippen LogP contribution in [0.15, 0.2) is 72.2 Å². The molecule has 2 aromatic carbocycles. The lowest BCUT2D eigenvalue weighted by Gasteiger charge is -2.35. The third-order valence-electron chi connectivity index (χ3n) is 6.58. The summed E-state index contributed by atoms with van der Waals surface area (Å²) in [5.74, 6) is -2.90. The van der Waals surface area contributed by atoms with E-state index in [0.29, 0.717) is 10.6 Å². The molecule has 2 fully saturated rings. The van der Waals surface area contributed by atoms with E-state index in [1.807, 2.05) is 46.8 Å². The molecule has 0 radical (unpaired) electrons. The number of fused-ring (bicyclic) bond motifs is 5.